The number of oxime groups is 1. The molecule has 0 saturated heterocycles. The van der Waals surface area contributed by atoms with Crippen LogP contribution in [0.5, 0.6) is 23.0 Å². The van der Waals surface area contributed by atoms with Gasteiger partial charge in [-0.15, -0.1) is 18.2 Å². The Labute approximate surface area is 334 Å². The van der Waals surface area contributed by atoms with E-state index >= 15 is 0 Å². The number of carbonyl (C=O) groups is 1. The van der Waals surface area contributed by atoms with Crippen molar-refractivity contribution in [1.82, 2.24) is 4.90 Å². The van der Waals surface area contributed by atoms with Crippen molar-refractivity contribution in [3.05, 3.63) is 84.5 Å². The highest BCUT2D eigenvalue weighted by molar-refractivity contribution is 6.18. The van der Waals surface area contributed by atoms with E-state index in [0.29, 0.717) is 54.8 Å². The summed E-state index contributed by atoms with van der Waals surface area (Å²) in [7, 11) is 0. The molecule has 12 nitrogen and oxygen atoms in total. The highest BCUT2D eigenvalue weighted by atomic mass is 35.5. The Morgan fingerprint density at radius 1 is 1.02 bits per heavy atom. The molecule has 6 rings (SSSR count). The van der Waals surface area contributed by atoms with Gasteiger partial charge in [0.1, 0.15) is 37.4 Å². The van der Waals surface area contributed by atoms with Gasteiger partial charge in [0.15, 0.2) is 11.5 Å². The molecular formula is C43H55ClN2O10. The van der Waals surface area contributed by atoms with Gasteiger partial charge >= 0.3 is 6.09 Å². The molecule has 56 heavy (non-hydrogen) atoms. The summed E-state index contributed by atoms with van der Waals surface area (Å²) >= 11 is 6.06. The number of hydrogen-bond donors (Lipinski definition) is 2. The molecule has 2 aromatic carbocycles. The number of rotatable bonds is 21. The Balaban J connectivity index is 1.58. The molecular weight excluding hydrogens is 740 g/mol. The number of amides is 1. The van der Waals surface area contributed by atoms with Crippen LogP contribution in [0.2, 0.25) is 0 Å². The molecule has 0 bridgehead atoms. The lowest BCUT2D eigenvalue weighted by Gasteiger charge is -2.59. The number of ether oxygens (including phenoxy) is 6. The number of alkyl halides is 1. The monoisotopic (exact) mass is 794 g/mol. The highest BCUT2D eigenvalue weighted by Crippen LogP contribution is 2.62. The summed E-state index contributed by atoms with van der Waals surface area (Å²) in [5, 5.41) is 24.4. The summed E-state index contributed by atoms with van der Waals surface area (Å²) in [6.45, 7) is 11.0. The zero-order valence-corrected chi connectivity index (χ0v) is 33.0. The third-order valence-corrected chi connectivity index (χ3v) is 11.2. The van der Waals surface area contributed by atoms with Crippen LogP contribution in [0.25, 0.3) is 0 Å². The van der Waals surface area contributed by atoms with E-state index in [0.717, 1.165) is 42.4 Å². The van der Waals surface area contributed by atoms with Crippen molar-refractivity contribution in [3.8, 4) is 23.0 Å². The summed E-state index contributed by atoms with van der Waals surface area (Å²) in [5.74, 6) is 0.672. The molecule has 2 N–H and O–H groups in total. The van der Waals surface area contributed by atoms with Crippen molar-refractivity contribution >= 4 is 23.4 Å². The van der Waals surface area contributed by atoms with Crippen LogP contribution in [-0.2, 0) is 20.9 Å². The number of allylic oxidation sites excluding steroid dienone is 1. The maximum absolute atomic E-state index is 14.4. The number of fused-ring (bicyclic) bond motifs is 3. The lowest BCUT2D eigenvalue weighted by molar-refractivity contribution is -0.256. The highest BCUT2D eigenvalue weighted by Gasteiger charge is 2.65. The molecule has 2 aliphatic carbocycles. The average molecular weight is 795 g/mol. The second-order valence-electron chi connectivity index (χ2n) is 14.4. The van der Waals surface area contributed by atoms with Crippen molar-refractivity contribution < 1.29 is 48.3 Å². The van der Waals surface area contributed by atoms with Gasteiger partial charge in [0.25, 0.3) is 0 Å². The van der Waals surface area contributed by atoms with E-state index in [2.05, 4.69) is 25.3 Å². The van der Waals surface area contributed by atoms with Crippen LogP contribution in [0.15, 0.2) is 78.5 Å². The zero-order valence-electron chi connectivity index (χ0n) is 32.2. The van der Waals surface area contributed by atoms with Crippen LogP contribution in [0.3, 0.4) is 0 Å². The fourth-order valence-corrected chi connectivity index (χ4v) is 8.86. The van der Waals surface area contributed by atoms with E-state index in [1.807, 2.05) is 37.3 Å². The number of benzene rings is 2. The first kappa shape index (κ1) is 41.4. The minimum absolute atomic E-state index is 0.00197. The number of halogens is 1. The Bertz CT molecular complexity index is 1730. The number of unbranched alkanes of at least 4 members (excludes halogenated alkanes) is 2. The Morgan fingerprint density at radius 3 is 2.54 bits per heavy atom. The maximum atomic E-state index is 14.4. The fraction of sp³-hybridized carbons (Fsp3) is 0.535. The minimum Gasteiger partial charge on any atom is -0.490 e. The molecule has 2 aliphatic heterocycles. The van der Waals surface area contributed by atoms with Gasteiger partial charge in [-0.05, 0) is 85.9 Å². The Morgan fingerprint density at radius 2 is 1.79 bits per heavy atom. The number of aliphatic hydroxyl groups is 2. The molecule has 13 heteroatoms. The number of aliphatic hydroxyl groups excluding tert-OH is 2. The van der Waals surface area contributed by atoms with E-state index in [-0.39, 0.29) is 69.8 Å². The second-order valence-corrected chi connectivity index (χ2v) is 14.8. The Kier molecular flexibility index (Phi) is 14.6. The fourth-order valence-electron chi connectivity index (χ4n) is 8.78. The molecule has 2 heterocycles. The van der Waals surface area contributed by atoms with E-state index in [1.54, 1.807) is 17.1 Å². The van der Waals surface area contributed by atoms with Gasteiger partial charge in [0, 0.05) is 37.7 Å². The number of hydrogen-bond acceptors (Lipinski definition) is 11. The molecule has 4 aliphatic rings. The van der Waals surface area contributed by atoms with Crippen LogP contribution >= 0.6 is 11.6 Å². The topological polar surface area (TPSA) is 138 Å². The summed E-state index contributed by atoms with van der Waals surface area (Å²) < 4.78 is 37.5. The first-order valence-electron chi connectivity index (χ1n) is 19.7. The number of nitrogens with zero attached hydrogens (tertiary/aromatic N) is 2. The second kappa shape index (κ2) is 19.8. The smallest absolute Gasteiger partial charge is 0.410 e. The van der Waals surface area contributed by atoms with Crippen molar-refractivity contribution in [2.24, 2.45) is 22.9 Å². The molecule has 0 radical (unpaired) electrons. The van der Waals surface area contributed by atoms with Gasteiger partial charge in [-0.2, -0.15) is 0 Å². The van der Waals surface area contributed by atoms with E-state index in [4.69, 9.17) is 50.0 Å². The SMILES string of the molecule is C=CCOc1ccc2c(c1)[C@H]1[C@H](CCCCO)[C@@H](CCCCO)C=C3C(=NOCC)C[C@H](N(Cc4ccc5c(c4)OCO5)C(=O)OCCCl)[C@@](OCC=C)(O2)[C@H]31. The van der Waals surface area contributed by atoms with Gasteiger partial charge < -0.3 is 43.5 Å². The first-order chi connectivity index (χ1) is 27.4. The van der Waals surface area contributed by atoms with Crippen LogP contribution in [-0.4, -0.2) is 91.1 Å². The van der Waals surface area contributed by atoms with Crippen molar-refractivity contribution in [2.45, 2.75) is 76.2 Å². The largest absolute Gasteiger partial charge is 0.490 e. The van der Waals surface area contributed by atoms with Crippen molar-refractivity contribution in [1.29, 1.82) is 0 Å². The van der Waals surface area contributed by atoms with E-state index in [1.165, 1.54) is 0 Å². The lowest BCUT2D eigenvalue weighted by atomic mass is 9.55. The summed E-state index contributed by atoms with van der Waals surface area (Å²) in [6, 6.07) is 10.7. The zero-order chi connectivity index (χ0) is 39.5. The Hall–Kier alpha value is -4.23. The van der Waals surface area contributed by atoms with Crippen molar-refractivity contribution in [3.63, 3.8) is 0 Å². The van der Waals surface area contributed by atoms with Crippen LogP contribution in [0.1, 0.15) is 68.9 Å². The standard InChI is InChI=1S/C43H55ClN2O10/c1-4-20-50-31-14-16-36-34(25-31)40-32(12-8-10-19-48)30(11-7-9-18-47)24-33-35(45-55-6-3)26-39(43(56-36,41(33)40)54-21-5-2)46(42(49)51-22-17-44)27-29-13-15-37-38(23-29)53-28-52-37/h4-5,13-16,23-25,30,32,39-41,47-48H,1-2,6-12,17-22,26-28H2,3H3/t30-,32+,39-,40+,41+,43+/m0/s1. The molecule has 1 fully saturated rings. The third kappa shape index (κ3) is 8.83. The minimum atomic E-state index is -1.45. The summed E-state index contributed by atoms with van der Waals surface area (Å²) in [4.78, 5) is 21.9. The van der Waals surface area contributed by atoms with Gasteiger partial charge in [-0.3, -0.25) is 4.90 Å². The summed E-state index contributed by atoms with van der Waals surface area (Å²) in [5.41, 5.74) is 3.38. The predicted molar refractivity (Wildman–Crippen MR) is 212 cm³/mol. The molecule has 304 valence electrons. The molecule has 1 saturated carbocycles. The first-order valence-corrected chi connectivity index (χ1v) is 20.3. The van der Waals surface area contributed by atoms with Crippen LogP contribution in [0, 0.1) is 17.8 Å². The third-order valence-electron chi connectivity index (χ3n) is 11.0. The van der Waals surface area contributed by atoms with E-state index < -0.39 is 23.8 Å². The molecule has 6 atom stereocenters. The summed E-state index contributed by atoms with van der Waals surface area (Å²) in [6.07, 6.45) is 9.97. The predicted octanol–water partition coefficient (Wildman–Crippen LogP) is 7.51. The lowest BCUT2D eigenvalue weighted by Crippen LogP contribution is -2.70. The van der Waals surface area contributed by atoms with Crippen molar-refractivity contribution in [2.75, 3.05) is 52.3 Å². The van der Waals surface area contributed by atoms with Gasteiger partial charge in [-0.25, -0.2) is 4.79 Å². The maximum Gasteiger partial charge on any atom is 0.410 e. The molecule has 0 spiro atoms. The van der Waals surface area contributed by atoms with Gasteiger partial charge in [-0.1, -0.05) is 48.9 Å². The average Bonchev–Trinajstić information content (AvgIpc) is 3.69. The van der Waals surface area contributed by atoms with Crippen LogP contribution < -0.4 is 18.9 Å². The number of carbonyl (C=O) groups excluding carboxylic acids is 1. The molecule has 0 aromatic heterocycles. The van der Waals surface area contributed by atoms with Gasteiger partial charge in [0.05, 0.1) is 24.1 Å². The normalized spacial score (nSPS) is 25.0. The molecule has 1 amide bonds. The van der Waals surface area contributed by atoms with Gasteiger partial charge in [0.2, 0.25) is 12.6 Å². The quantitative estimate of drug-likeness (QED) is 0.0566. The molecule has 0 unspecified atom stereocenters. The van der Waals surface area contributed by atoms with E-state index in [9.17, 15) is 15.0 Å². The van der Waals surface area contributed by atoms with Crippen LogP contribution in [0.4, 0.5) is 4.79 Å². The molecule has 2 aromatic rings.